The molecule has 1 fully saturated rings. The fourth-order valence-corrected chi connectivity index (χ4v) is 3.56. The second kappa shape index (κ2) is 7.28. The van der Waals surface area contributed by atoms with Gasteiger partial charge in [0.25, 0.3) is 0 Å². The molecule has 1 aromatic carbocycles. The molecule has 0 radical (unpaired) electrons. The molecule has 2 rings (SSSR count). The third-order valence-corrected chi connectivity index (χ3v) is 4.76. The largest absolute Gasteiger partial charge is 0.271 e. The van der Waals surface area contributed by atoms with Crippen molar-refractivity contribution in [1.29, 1.82) is 0 Å². The molecule has 3 heteroatoms. The lowest BCUT2D eigenvalue weighted by molar-refractivity contribution is 0.208. The second-order valence-corrected chi connectivity index (χ2v) is 6.24. The van der Waals surface area contributed by atoms with Gasteiger partial charge in [-0.15, -0.1) is 0 Å². The maximum Gasteiger partial charge on any atom is 0.0408 e. The summed E-state index contributed by atoms with van der Waals surface area (Å²) in [4.78, 5) is 0. The van der Waals surface area contributed by atoms with Crippen LogP contribution >= 0.6 is 11.6 Å². The molecule has 0 saturated heterocycles. The van der Waals surface area contributed by atoms with Crippen molar-refractivity contribution in [1.82, 2.24) is 5.43 Å². The molecule has 0 spiro atoms. The number of hydrogen-bond acceptors (Lipinski definition) is 2. The number of nitrogens with one attached hydrogen (secondary N) is 1. The maximum absolute atomic E-state index is 6.05. The average molecular weight is 281 g/mol. The molecule has 106 valence electrons. The average Bonchev–Trinajstić information content (AvgIpc) is 2.45. The van der Waals surface area contributed by atoms with Crippen molar-refractivity contribution in [3.63, 3.8) is 0 Å². The van der Waals surface area contributed by atoms with E-state index in [9.17, 15) is 0 Å². The van der Waals surface area contributed by atoms with Crippen molar-refractivity contribution in [3.05, 3.63) is 34.9 Å². The molecule has 0 amide bonds. The maximum atomic E-state index is 6.05. The van der Waals surface area contributed by atoms with Crippen molar-refractivity contribution < 1.29 is 0 Å². The second-order valence-electron chi connectivity index (χ2n) is 5.81. The van der Waals surface area contributed by atoms with Gasteiger partial charge in [-0.25, -0.2) is 0 Å². The lowest BCUT2D eigenvalue weighted by Crippen LogP contribution is -2.44. The Balaban J connectivity index is 1.99. The Morgan fingerprint density at radius 2 is 2.26 bits per heavy atom. The van der Waals surface area contributed by atoms with Crippen LogP contribution in [0.15, 0.2) is 24.3 Å². The van der Waals surface area contributed by atoms with E-state index in [2.05, 4.69) is 18.4 Å². The van der Waals surface area contributed by atoms with E-state index in [4.69, 9.17) is 17.4 Å². The van der Waals surface area contributed by atoms with Gasteiger partial charge in [0, 0.05) is 11.1 Å². The van der Waals surface area contributed by atoms with Gasteiger partial charge >= 0.3 is 0 Å². The topological polar surface area (TPSA) is 38.0 Å². The molecule has 0 aromatic heterocycles. The Hall–Kier alpha value is -0.570. The van der Waals surface area contributed by atoms with E-state index in [1.807, 2.05) is 18.2 Å². The van der Waals surface area contributed by atoms with Crippen LogP contribution in [0.1, 0.15) is 44.6 Å². The first-order valence-corrected chi connectivity index (χ1v) is 7.81. The highest BCUT2D eigenvalue weighted by molar-refractivity contribution is 6.30. The summed E-state index contributed by atoms with van der Waals surface area (Å²) in [5.74, 6) is 7.37. The summed E-state index contributed by atoms with van der Waals surface area (Å²) in [6.45, 7) is 2.30. The molecule has 2 nitrogen and oxygen atoms in total. The minimum absolute atomic E-state index is 0.368. The van der Waals surface area contributed by atoms with Gasteiger partial charge in [-0.2, -0.15) is 0 Å². The number of benzene rings is 1. The molecule has 0 aliphatic heterocycles. The lowest BCUT2D eigenvalue weighted by Gasteiger charge is -2.34. The number of rotatable bonds is 5. The van der Waals surface area contributed by atoms with Crippen LogP contribution in [0.3, 0.4) is 0 Å². The summed E-state index contributed by atoms with van der Waals surface area (Å²) in [6.07, 6.45) is 7.61. The van der Waals surface area contributed by atoms with E-state index in [1.54, 1.807) is 0 Å². The zero-order chi connectivity index (χ0) is 13.7. The van der Waals surface area contributed by atoms with Crippen molar-refractivity contribution >= 4 is 11.6 Å². The Morgan fingerprint density at radius 3 is 2.95 bits per heavy atom. The summed E-state index contributed by atoms with van der Waals surface area (Å²) in [5.41, 5.74) is 4.31. The molecule has 19 heavy (non-hydrogen) atoms. The van der Waals surface area contributed by atoms with E-state index in [-0.39, 0.29) is 0 Å². The Bertz CT molecular complexity index is 394. The van der Waals surface area contributed by atoms with Crippen LogP contribution in [0.25, 0.3) is 0 Å². The fraction of sp³-hybridized carbons (Fsp3) is 0.625. The van der Waals surface area contributed by atoms with Gasteiger partial charge in [-0.3, -0.25) is 11.3 Å². The fourth-order valence-electron chi connectivity index (χ4n) is 3.35. The lowest BCUT2D eigenvalue weighted by atomic mass is 9.75. The first kappa shape index (κ1) is 14.8. The Kier molecular flexibility index (Phi) is 5.68. The molecule has 3 N–H and O–H groups in total. The van der Waals surface area contributed by atoms with Gasteiger partial charge in [-0.1, -0.05) is 49.9 Å². The summed E-state index contributed by atoms with van der Waals surface area (Å²) >= 11 is 6.05. The Labute approximate surface area is 121 Å². The number of halogens is 1. The molecular weight excluding hydrogens is 256 g/mol. The van der Waals surface area contributed by atoms with Gasteiger partial charge in [0.2, 0.25) is 0 Å². The third-order valence-electron chi connectivity index (χ3n) is 4.53. The van der Waals surface area contributed by atoms with Crippen LogP contribution < -0.4 is 11.3 Å². The van der Waals surface area contributed by atoms with Crippen LogP contribution in [-0.2, 0) is 6.42 Å². The van der Waals surface area contributed by atoms with Gasteiger partial charge in [0.05, 0.1) is 0 Å². The molecule has 1 aromatic rings. The third kappa shape index (κ3) is 4.20. The smallest absolute Gasteiger partial charge is 0.0408 e. The van der Waals surface area contributed by atoms with Crippen LogP contribution in [0.5, 0.6) is 0 Å². The van der Waals surface area contributed by atoms with E-state index < -0.39 is 0 Å². The summed E-state index contributed by atoms with van der Waals surface area (Å²) < 4.78 is 0. The normalized spacial score (nSPS) is 25.2. The van der Waals surface area contributed by atoms with Crippen LogP contribution in [-0.4, -0.2) is 6.04 Å². The van der Waals surface area contributed by atoms with Gasteiger partial charge in [0.15, 0.2) is 0 Å². The molecule has 3 unspecified atom stereocenters. The minimum atomic E-state index is 0.368. The molecule has 3 atom stereocenters. The quantitative estimate of drug-likeness (QED) is 0.633. The van der Waals surface area contributed by atoms with E-state index >= 15 is 0 Å². The molecule has 1 aliphatic carbocycles. The molecule has 1 aliphatic rings. The number of hydrogen-bond donors (Lipinski definition) is 2. The highest BCUT2D eigenvalue weighted by atomic mass is 35.5. The first-order chi connectivity index (χ1) is 9.22. The van der Waals surface area contributed by atoms with Crippen molar-refractivity contribution in [2.45, 2.75) is 51.5 Å². The zero-order valence-electron chi connectivity index (χ0n) is 11.7. The zero-order valence-corrected chi connectivity index (χ0v) is 12.5. The van der Waals surface area contributed by atoms with Crippen molar-refractivity contribution in [3.8, 4) is 0 Å². The molecule has 0 heterocycles. The van der Waals surface area contributed by atoms with E-state index in [0.29, 0.717) is 12.0 Å². The standard InChI is InChI=1S/C16H25ClN2/c1-2-12-5-3-7-14(9-12)16(19-18)11-13-6-4-8-15(17)10-13/h4,6,8,10,12,14,16,19H,2-3,5,7,9,11,18H2,1H3. The van der Waals surface area contributed by atoms with Gasteiger partial charge in [0.1, 0.15) is 0 Å². The minimum Gasteiger partial charge on any atom is -0.271 e. The summed E-state index contributed by atoms with van der Waals surface area (Å²) in [7, 11) is 0. The summed E-state index contributed by atoms with van der Waals surface area (Å²) in [6, 6.07) is 8.49. The highest BCUT2D eigenvalue weighted by Crippen LogP contribution is 2.33. The SMILES string of the molecule is CCC1CCCC(C(Cc2cccc(Cl)c2)NN)C1. The predicted octanol–water partition coefficient (Wildman–Crippen LogP) is 3.93. The van der Waals surface area contributed by atoms with Crippen LogP contribution in [0.2, 0.25) is 5.02 Å². The molecule has 0 bridgehead atoms. The molecular formula is C16H25ClN2. The van der Waals surface area contributed by atoms with Gasteiger partial charge in [-0.05, 0) is 48.8 Å². The molecule has 1 saturated carbocycles. The highest BCUT2D eigenvalue weighted by Gasteiger charge is 2.27. The number of nitrogens with two attached hydrogens (primary N) is 1. The van der Waals surface area contributed by atoms with Crippen molar-refractivity contribution in [2.75, 3.05) is 0 Å². The predicted molar refractivity (Wildman–Crippen MR) is 82.0 cm³/mol. The Morgan fingerprint density at radius 1 is 1.42 bits per heavy atom. The van der Waals surface area contributed by atoms with E-state index in [1.165, 1.54) is 37.7 Å². The summed E-state index contributed by atoms with van der Waals surface area (Å²) in [5, 5.41) is 0.809. The van der Waals surface area contributed by atoms with Crippen molar-refractivity contribution in [2.24, 2.45) is 17.7 Å². The van der Waals surface area contributed by atoms with Crippen LogP contribution in [0.4, 0.5) is 0 Å². The van der Waals surface area contributed by atoms with Crippen LogP contribution in [0, 0.1) is 11.8 Å². The van der Waals surface area contributed by atoms with E-state index in [0.717, 1.165) is 17.4 Å². The number of hydrazine groups is 1. The van der Waals surface area contributed by atoms with Gasteiger partial charge < -0.3 is 0 Å². The monoisotopic (exact) mass is 280 g/mol. The first-order valence-electron chi connectivity index (χ1n) is 7.43.